The molecule has 0 aromatic carbocycles. The molecule has 3 heteroatoms. The minimum atomic E-state index is 0.379. The number of rotatable bonds is 2. The lowest BCUT2D eigenvalue weighted by atomic mass is 9.99. The van der Waals surface area contributed by atoms with Crippen molar-refractivity contribution in [3.05, 3.63) is 0 Å². The molecule has 3 saturated heterocycles. The molecule has 3 nitrogen and oxygen atoms in total. The van der Waals surface area contributed by atoms with E-state index < -0.39 is 0 Å². The monoisotopic (exact) mass is 196 g/mol. The Morgan fingerprint density at radius 2 is 2.50 bits per heavy atom. The summed E-state index contributed by atoms with van der Waals surface area (Å²) in [6.07, 6.45) is 4.50. The van der Waals surface area contributed by atoms with Crippen molar-refractivity contribution in [3.63, 3.8) is 0 Å². The third kappa shape index (κ3) is 1.47. The van der Waals surface area contributed by atoms with E-state index in [4.69, 9.17) is 4.74 Å². The van der Waals surface area contributed by atoms with E-state index in [9.17, 15) is 0 Å². The van der Waals surface area contributed by atoms with E-state index in [0.717, 1.165) is 12.6 Å². The Bertz CT molecular complexity index is 225. The zero-order valence-electron chi connectivity index (χ0n) is 8.96. The highest BCUT2D eigenvalue weighted by Crippen LogP contribution is 2.30. The number of nitrogens with zero attached hydrogens (tertiary/aromatic N) is 1. The predicted molar refractivity (Wildman–Crippen MR) is 55.4 cm³/mol. The summed E-state index contributed by atoms with van der Waals surface area (Å²) in [5.74, 6) is 0. The Hall–Kier alpha value is -0.120. The van der Waals surface area contributed by atoms with E-state index in [1.807, 2.05) is 0 Å². The first-order chi connectivity index (χ1) is 6.75. The molecular weight excluding hydrogens is 176 g/mol. The predicted octanol–water partition coefficient (Wildman–Crippen LogP) is 0.602. The van der Waals surface area contributed by atoms with Gasteiger partial charge in [0.05, 0.1) is 12.7 Å². The van der Waals surface area contributed by atoms with Crippen molar-refractivity contribution in [3.8, 4) is 0 Å². The third-order valence-corrected chi connectivity index (χ3v) is 4.02. The second-order valence-electron chi connectivity index (χ2n) is 5.37. The summed E-state index contributed by atoms with van der Waals surface area (Å²) in [7, 11) is 0. The number of fused-ring (bicyclic) bond motifs is 2. The zero-order chi connectivity index (χ0) is 9.60. The lowest BCUT2D eigenvalue weighted by Gasteiger charge is -2.35. The van der Waals surface area contributed by atoms with Gasteiger partial charge in [0, 0.05) is 24.7 Å². The average Bonchev–Trinajstić information content (AvgIpc) is 2.80. The molecule has 0 saturated carbocycles. The summed E-state index contributed by atoms with van der Waals surface area (Å²) in [5.41, 5.74) is 0.379. The largest absolute Gasteiger partial charge is 0.375 e. The Kier molecular flexibility index (Phi) is 2.08. The van der Waals surface area contributed by atoms with Gasteiger partial charge >= 0.3 is 0 Å². The highest BCUT2D eigenvalue weighted by molar-refractivity contribution is 4.98. The van der Waals surface area contributed by atoms with Crippen LogP contribution >= 0.6 is 0 Å². The van der Waals surface area contributed by atoms with E-state index >= 15 is 0 Å². The summed E-state index contributed by atoms with van der Waals surface area (Å²) < 4.78 is 5.62. The summed E-state index contributed by atoms with van der Waals surface area (Å²) in [4.78, 5) is 2.63. The molecule has 3 heterocycles. The molecule has 2 bridgehead atoms. The van der Waals surface area contributed by atoms with Crippen molar-refractivity contribution >= 4 is 0 Å². The van der Waals surface area contributed by atoms with Gasteiger partial charge in [-0.05, 0) is 32.7 Å². The topological polar surface area (TPSA) is 24.5 Å². The molecule has 0 aliphatic carbocycles. The van der Waals surface area contributed by atoms with Crippen molar-refractivity contribution in [2.45, 2.75) is 43.9 Å². The van der Waals surface area contributed by atoms with E-state index in [1.54, 1.807) is 0 Å². The molecule has 0 aromatic rings. The number of hydrogen-bond acceptors (Lipinski definition) is 3. The van der Waals surface area contributed by atoms with Gasteiger partial charge in [0.2, 0.25) is 0 Å². The summed E-state index contributed by atoms with van der Waals surface area (Å²) >= 11 is 0. The molecule has 1 N–H and O–H groups in total. The fourth-order valence-electron chi connectivity index (χ4n) is 3.21. The molecule has 0 aromatic heterocycles. The van der Waals surface area contributed by atoms with Crippen molar-refractivity contribution in [2.75, 3.05) is 26.2 Å². The van der Waals surface area contributed by atoms with Crippen LogP contribution in [0.15, 0.2) is 0 Å². The van der Waals surface area contributed by atoms with Crippen LogP contribution < -0.4 is 5.32 Å². The van der Waals surface area contributed by atoms with Crippen LogP contribution in [-0.2, 0) is 4.74 Å². The molecule has 3 aliphatic heterocycles. The second kappa shape index (κ2) is 3.19. The quantitative estimate of drug-likeness (QED) is 0.700. The molecular formula is C11H20N2O. The maximum absolute atomic E-state index is 5.62. The van der Waals surface area contributed by atoms with Gasteiger partial charge in [0.15, 0.2) is 0 Å². The van der Waals surface area contributed by atoms with Crippen LogP contribution in [0.3, 0.4) is 0 Å². The van der Waals surface area contributed by atoms with E-state index in [-0.39, 0.29) is 0 Å². The highest BCUT2D eigenvalue weighted by atomic mass is 16.5. The van der Waals surface area contributed by atoms with Gasteiger partial charge in [-0.25, -0.2) is 0 Å². The first-order valence-electron chi connectivity index (χ1n) is 5.86. The smallest absolute Gasteiger partial charge is 0.0718 e. The zero-order valence-corrected chi connectivity index (χ0v) is 8.96. The third-order valence-electron chi connectivity index (χ3n) is 4.02. The Morgan fingerprint density at radius 1 is 1.57 bits per heavy atom. The summed E-state index contributed by atoms with van der Waals surface area (Å²) in [5, 5.41) is 3.64. The maximum atomic E-state index is 5.62. The number of morpholine rings is 1. The molecule has 14 heavy (non-hydrogen) atoms. The van der Waals surface area contributed by atoms with Crippen LogP contribution in [-0.4, -0.2) is 48.8 Å². The number of likely N-dealkylation sites (tertiary alicyclic amines) is 1. The SMILES string of the molecule is CC1(CN2CC3CC2CO3)CCCN1. The fourth-order valence-corrected chi connectivity index (χ4v) is 3.21. The van der Waals surface area contributed by atoms with Crippen LogP contribution in [0.1, 0.15) is 26.2 Å². The number of nitrogens with one attached hydrogen (secondary N) is 1. The van der Waals surface area contributed by atoms with Crippen LogP contribution in [0, 0.1) is 0 Å². The minimum Gasteiger partial charge on any atom is -0.375 e. The first-order valence-corrected chi connectivity index (χ1v) is 5.86. The van der Waals surface area contributed by atoms with E-state index in [2.05, 4.69) is 17.1 Å². The molecule has 3 rings (SSSR count). The summed E-state index contributed by atoms with van der Waals surface area (Å²) in [6.45, 7) is 6.93. The van der Waals surface area contributed by atoms with E-state index in [0.29, 0.717) is 11.6 Å². The van der Waals surface area contributed by atoms with Gasteiger partial charge in [-0.15, -0.1) is 0 Å². The van der Waals surface area contributed by atoms with Crippen molar-refractivity contribution < 1.29 is 4.74 Å². The maximum Gasteiger partial charge on any atom is 0.0718 e. The molecule has 0 amide bonds. The van der Waals surface area contributed by atoms with Gasteiger partial charge in [-0.2, -0.15) is 0 Å². The minimum absolute atomic E-state index is 0.379. The van der Waals surface area contributed by atoms with Crippen molar-refractivity contribution in [1.82, 2.24) is 10.2 Å². The van der Waals surface area contributed by atoms with Crippen LogP contribution in [0.2, 0.25) is 0 Å². The number of ether oxygens (including phenoxy) is 1. The highest BCUT2D eigenvalue weighted by Gasteiger charge is 2.42. The molecule has 3 fully saturated rings. The molecule has 3 aliphatic rings. The number of hydrogen-bond donors (Lipinski definition) is 1. The van der Waals surface area contributed by atoms with Crippen LogP contribution in [0.5, 0.6) is 0 Å². The first kappa shape index (κ1) is 9.13. The van der Waals surface area contributed by atoms with Gasteiger partial charge in [-0.3, -0.25) is 4.90 Å². The van der Waals surface area contributed by atoms with Crippen LogP contribution in [0.25, 0.3) is 0 Å². The van der Waals surface area contributed by atoms with Crippen molar-refractivity contribution in [1.29, 1.82) is 0 Å². The standard InChI is InChI=1S/C11H20N2O/c1-11(3-2-4-12-11)8-13-6-10-5-9(13)7-14-10/h9-10,12H,2-8H2,1H3. The molecule has 3 unspecified atom stereocenters. The Labute approximate surface area is 85.8 Å². The lowest BCUT2D eigenvalue weighted by molar-refractivity contribution is 0.0211. The lowest BCUT2D eigenvalue weighted by Crippen LogP contribution is -2.51. The Balaban J connectivity index is 1.62. The van der Waals surface area contributed by atoms with Gasteiger partial charge in [0.25, 0.3) is 0 Å². The normalized spacial score (nSPS) is 47.8. The average molecular weight is 196 g/mol. The van der Waals surface area contributed by atoms with Gasteiger partial charge in [0.1, 0.15) is 0 Å². The summed E-state index contributed by atoms with van der Waals surface area (Å²) in [6, 6.07) is 0.722. The van der Waals surface area contributed by atoms with Gasteiger partial charge < -0.3 is 10.1 Å². The van der Waals surface area contributed by atoms with Crippen LogP contribution in [0.4, 0.5) is 0 Å². The second-order valence-corrected chi connectivity index (χ2v) is 5.37. The molecule has 0 spiro atoms. The van der Waals surface area contributed by atoms with Crippen molar-refractivity contribution in [2.24, 2.45) is 0 Å². The molecule has 3 atom stereocenters. The Morgan fingerprint density at radius 3 is 3.07 bits per heavy atom. The van der Waals surface area contributed by atoms with E-state index in [1.165, 1.54) is 38.9 Å². The molecule has 0 radical (unpaired) electrons. The van der Waals surface area contributed by atoms with Gasteiger partial charge in [-0.1, -0.05) is 0 Å². The fraction of sp³-hybridized carbons (Fsp3) is 1.00. The molecule has 80 valence electrons.